The van der Waals surface area contributed by atoms with Crippen LogP contribution in [0.3, 0.4) is 0 Å². The Hall–Kier alpha value is -1.47. The number of benzene rings is 1. The number of fused-ring (bicyclic) bond motifs is 1. The van der Waals surface area contributed by atoms with Crippen molar-refractivity contribution in [3.05, 3.63) is 29.1 Å². The molecule has 1 aliphatic rings. The van der Waals surface area contributed by atoms with Crippen LogP contribution < -0.4 is 15.4 Å². The second-order valence-electron chi connectivity index (χ2n) is 5.80. The van der Waals surface area contributed by atoms with Crippen molar-refractivity contribution in [3.8, 4) is 5.75 Å². The Bertz CT molecular complexity index is 569. The highest BCUT2D eigenvalue weighted by Gasteiger charge is 2.16. The lowest BCUT2D eigenvalue weighted by atomic mass is 10.1. The maximum atomic E-state index is 13.8. The summed E-state index contributed by atoms with van der Waals surface area (Å²) in [5.41, 5.74) is 1.64. The predicted molar refractivity (Wildman–Crippen MR) is 102 cm³/mol. The zero-order chi connectivity index (χ0) is 17.9. The smallest absolute Gasteiger partial charge is 0.191 e. The molecule has 25 heavy (non-hydrogen) atoms. The van der Waals surface area contributed by atoms with Gasteiger partial charge in [-0.15, -0.1) is 0 Å². The molecule has 0 saturated heterocycles. The van der Waals surface area contributed by atoms with Crippen LogP contribution in [0.4, 0.5) is 4.39 Å². The van der Waals surface area contributed by atoms with Crippen molar-refractivity contribution >= 4 is 17.7 Å². The molecule has 0 amide bonds. The number of nitrogens with one attached hydrogen (secondary N) is 2. The third kappa shape index (κ3) is 6.74. The topological polar surface area (TPSA) is 54.9 Å². The third-order valence-corrected chi connectivity index (χ3v) is 4.51. The molecule has 0 aliphatic carbocycles. The van der Waals surface area contributed by atoms with Crippen LogP contribution in [0.2, 0.25) is 0 Å². The van der Waals surface area contributed by atoms with E-state index in [1.807, 2.05) is 18.7 Å². The van der Waals surface area contributed by atoms with E-state index in [0.717, 1.165) is 42.3 Å². The number of unbranched alkanes of at least 4 members (excludes halogenated alkanes) is 1. The fraction of sp³-hybridized carbons (Fsp3) is 0.611. The van der Waals surface area contributed by atoms with Gasteiger partial charge in [-0.1, -0.05) is 0 Å². The zero-order valence-corrected chi connectivity index (χ0v) is 15.9. The maximum absolute atomic E-state index is 13.8. The van der Waals surface area contributed by atoms with Crippen LogP contribution in [0.5, 0.6) is 5.75 Å². The van der Waals surface area contributed by atoms with Crippen molar-refractivity contribution < 1.29 is 13.9 Å². The normalized spacial score (nSPS) is 14.0. The lowest BCUT2D eigenvalue weighted by molar-refractivity contribution is -0.0172. The van der Waals surface area contributed by atoms with Crippen LogP contribution in [0.15, 0.2) is 17.1 Å². The summed E-state index contributed by atoms with van der Waals surface area (Å²) >= 11 is 1.86. The Morgan fingerprint density at radius 2 is 2.20 bits per heavy atom. The van der Waals surface area contributed by atoms with E-state index in [1.165, 1.54) is 24.3 Å². The van der Waals surface area contributed by atoms with E-state index in [2.05, 4.69) is 21.9 Å². The van der Waals surface area contributed by atoms with Crippen molar-refractivity contribution in [2.24, 2.45) is 4.99 Å². The van der Waals surface area contributed by atoms with Crippen LogP contribution in [0.1, 0.15) is 30.9 Å². The van der Waals surface area contributed by atoms with E-state index >= 15 is 0 Å². The molecule has 7 heteroatoms. The molecule has 2 rings (SSSR count). The molecule has 140 valence electrons. The second kappa shape index (κ2) is 11.2. The summed E-state index contributed by atoms with van der Waals surface area (Å²) in [5.74, 6) is 2.49. The van der Waals surface area contributed by atoms with Crippen LogP contribution in [0.25, 0.3) is 0 Å². The number of guanidine groups is 1. The van der Waals surface area contributed by atoms with Gasteiger partial charge in [0, 0.05) is 25.2 Å². The quantitative estimate of drug-likeness (QED) is 0.398. The molecule has 1 aromatic rings. The van der Waals surface area contributed by atoms with E-state index in [9.17, 15) is 4.39 Å². The molecule has 0 fully saturated rings. The van der Waals surface area contributed by atoms with Gasteiger partial charge in [-0.3, -0.25) is 4.99 Å². The minimum Gasteiger partial charge on any atom is -0.467 e. The number of aliphatic imine (C=N–C) groups is 1. The number of hydrogen-bond donors (Lipinski definition) is 2. The largest absolute Gasteiger partial charge is 0.467 e. The number of rotatable bonds is 9. The summed E-state index contributed by atoms with van der Waals surface area (Å²) in [5, 5.41) is 6.55. The molecular weight excluding hydrogens is 341 g/mol. The Morgan fingerprint density at radius 3 is 3.00 bits per heavy atom. The van der Waals surface area contributed by atoms with Crippen LogP contribution in [-0.2, 0) is 17.8 Å². The first-order valence-corrected chi connectivity index (χ1v) is 10.2. The molecule has 1 heterocycles. The average Bonchev–Trinajstić information content (AvgIpc) is 2.61. The molecule has 0 spiro atoms. The lowest BCUT2D eigenvalue weighted by Crippen LogP contribution is -2.38. The van der Waals surface area contributed by atoms with E-state index in [1.54, 1.807) is 0 Å². The lowest BCUT2D eigenvalue weighted by Gasteiger charge is -2.21. The monoisotopic (exact) mass is 369 g/mol. The van der Waals surface area contributed by atoms with Crippen LogP contribution >= 0.6 is 11.8 Å². The minimum absolute atomic E-state index is 0.221. The Morgan fingerprint density at radius 1 is 1.32 bits per heavy atom. The highest BCUT2D eigenvalue weighted by Crippen LogP contribution is 2.29. The maximum Gasteiger partial charge on any atom is 0.191 e. The van der Waals surface area contributed by atoms with Gasteiger partial charge in [0.1, 0.15) is 11.6 Å². The number of halogens is 1. The average molecular weight is 370 g/mol. The Kier molecular flexibility index (Phi) is 8.90. The Balaban J connectivity index is 1.87. The number of hydrogen-bond acceptors (Lipinski definition) is 4. The van der Waals surface area contributed by atoms with Gasteiger partial charge < -0.3 is 20.1 Å². The summed E-state index contributed by atoms with van der Waals surface area (Å²) in [6.45, 7) is 4.95. The second-order valence-corrected chi connectivity index (χ2v) is 6.79. The third-order valence-electron chi connectivity index (χ3n) is 3.81. The van der Waals surface area contributed by atoms with Gasteiger partial charge in [0.15, 0.2) is 12.8 Å². The number of nitrogens with zero attached hydrogens (tertiary/aromatic N) is 1. The molecule has 5 nitrogen and oxygen atoms in total. The highest BCUT2D eigenvalue weighted by atomic mass is 32.2. The number of thioether (sulfide) groups is 1. The summed E-state index contributed by atoms with van der Waals surface area (Å²) in [6.07, 6.45) is 5.05. The van der Waals surface area contributed by atoms with Gasteiger partial charge in [0.05, 0.1) is 6.61 Å². The van der Waals surface area contributed by atoms with Crippen LogP contribution in [0, 0.1) is 5.82 Å². The van der Waals surface area contributed by atoms with Gasteiger partial charge in [-0.2, -0.15) is 11.8 Å². The van der Waals surface area contributed by atoms with Crippen molar-refractivity contribution in [2.45, 2.75) is 32.8 Å². The summed E-state index contributed by atoms with van der Waals surface area (Å²) in [7, 11) is 0. The van der Waals surface area contributed by atoms with Crippen molar-refractivity contribution in [3.63, 3.8) is 0 Å². The van der Waals surface area contributed by atoms with Gasteiger partial charge in [-0.25, -0.2) is 4.39 Å². The minimum atomic E-state index is -0.253. The fourth-order valence-corrected chi connectivity index (χ4v) is 3.14. The van der Waals surface area contributed by atoms with Gasteiger partial charge in [-0.05, 0) is 55.9 Å². The molecule has 2 N–H and O–H groups in total. The fourth-order valence-electron chi connectivity index (χ4n) is 2.65. The summed E-state index contributed by atoms with van der Waals surface area (Å²) < 4.78 is 24.5. The summed E-state index contributed by atoms with van der Waals surface area (Å²) in [6, 6.07) is 3.02. The zero-order valence-electron chi connectivity index (χ0n) is 15.1. The molecule has 0 saturated carbocycles. The molecular formula is C18H28FN3O2S. The van der Waals surface area contributed by atoms with Gasteiger partial charge in [0.2, 0.25) is 0 Å². The number of ether oxygens (including phenoxy) is 2. The van der Waals surface area contributed by atoms with Crippen molar-refractivity contribution in [1.82, 2.24) is 10.6 Å². The molecule has 1 aliphatic heterocycles. The van der Waals surface area contributed by atoms with Gasteiger partial charge in [0.25, 0.3) is 0 Å². The molecule has 0 radical (unpaired) electrons. The SMILES string of the molecule is CCNC(=NCCCCSC)NCCc1cc(F)cc2c1OCOC2. The predicted octanol–water partition coefficient (Wildman–Crippen LogP) is 2.93. The van der Waals surface area contributed by atoms with E-state index in [-0.39, 0.29) is 12.6 Å². The molecule has 0 unspecified atom stereocenters. The van der Waals surface area contributed by atoms with Crippen LogP contribution in [-0.4, -0.2) is 44.4 Å². The van der Waals surface area contributed by atoms with Gasteiger partial charge >= 0.3 is 0 Å². The van der Waals surface area contributed by atoms with Crippen molar-refractivity contribution in [1.29, 1.82) is 0 Å². The first-order valence-electron chi connectivity index (χ1n) is 8.77. The molecule has 0 atom stereocenters. The molecule has 0 bridgehead atoms. The first-order chi connectivity index (χ1) is 12.2. The van der Waals surface area contributed by atoms with Crippen molar-refractivity contribution in [2.75, 3.05) is 38.4 Å². The molecule has 1 aromatic carbocycles. The first kappa shape index (κ1) is 19.8. The van der Waals surface area contributed by atoms with E-state index < -0.39 is 0 Å². The summed E-state index contributed by atoms with van der Waals surface area (Å²) in [4.78, 5) is 4.58. The Labute approximate surface area is 153 Å². The van der Waals surface area contributed by atoms with E-state index in [4.69, 9.17) is 9.47 Å². The van der Waals surface area contributed by atoms with E-state index in [0.29, 0.717) is 19.6 Å². The molecule has 0 aromatic heterocycles. The standard InChI is InChI=1S/C18H28FN3O2S/c1-3-20-18(21-7-4-5-9-25-2)22-8-6-14-10-16(19)11-15-12-23-13-24-17(14)15/h10-11H,3-9,12-13H2,1-2H3,(H2,20,21,22). The highest BCUT2D eigenvalue weighted by molar-refractivity contribution is 7.98.